The number of nitrogens with two attached hydrogens (primary N) is 1. The molecule has 6 heteroatoms. The molecule has 0 radical (unpaired) electrons. The van der Waals surface area contributed by atoms with Crippen molar-refractivity contribution < 1.29 is 29.9 Å². The number of hydrogen-bond acceptors (Lipinski definition) is 5. The van der Waals surface area contributed by atoms with Crippen LogP contribution in [0, 0.1) is 0 Å². The molecule has 0 unspecified atom stereocenters. The summed E-state index contributed by atoms with van der Waals surface area (Å²) < 4.78 is 5.19. The molecule has 22 heavy (non-hydrogen) atoms. The van der Waals surface area contributed by atoms with E-state index in [9.17, 15) is 19.8 Å². The molecule has 1 aromatic rings. The van der Waals surface area contributed by atoms with Crippen LogP contribution in [0.4, 0.5) is 0 Å². The van der Waals surface area contributed by atoms with E-state index in [1.807, 2.05) is 0 Å². The van der Waals surface area contributed by atoms with Crippen LogP contribution < -0.4 is 10.4 Å². The second kappa shape index (κ2) is 7.38. The van der Waals surface area contributed by atoms with E-state index in [4.69, 9.17) is 4.74 Å². The molecule has 3 rings (SSSR count). The van der Waals surface area contributed by atoms with Crippen molar-refractivity contribution >= 4 is 11.9 Å². The van der Waals surface area contributed by atoms with E-state index < -0.39 is 5.97 Å². The van der Waals surface area contributed by atoms with Crippen molar-refractivity contribution in [2.75, 3.05) is 0 Å². The summed E-state index contributed by atoms with van der Waals surface area (Å²) in [5, 5.41) is 21.8. The molecule has 0 amide bonds. The molecule has 2 bridgehead atoms. The average Bonchev–Trinajstić information content (AvgIpc) is 2.82. The van der Waals surface area contributed by atoms with Gasteiger partial charge in [-0.2, -0.15) is 0 Å². The summed E-state index contributed by atoms with van der Waals surface area (Å²) in [6.07, 6.45) is 2.43. The van der Waals surface area contributed by atoms with Gasteiger partial charge in [-0.25, -0.2) is 0 Å². The predicted molar refractivity (Wildman–Crippen MR) is 75.7 cm³/mol. The van der Waals surface area contributed by atoms with Crippen LogP contribution in [0.5, 0.6) is 0 Å². The molecule has 2 fully saturated rings. The molecule has 6 nitrogen and oxygen atoms in total. The Bertz CT molecular complexity index is 519. The number of carbonyl (C=O) groups is 2. The minimum absolute atomic E-state index is 0.0275. The van der Waals surface area contributed by atoms with Gasteiger partial charge in [0.2, 0.25) is 0 Å². The normalized spacial score (nSPS) is 29.2. The van der Waals surface area contributed by atoms with Crippen LogP contribution >= 0.6 is 0 Å². The summed E-state index contributed by atoms with van der Waals surface area (Å²) in [5.41, 5.74) is 0.220. The largest absolute Gasteiger partial charge is 0.545 e. The van der Waals surface area contributed by atoms with Gasteiger partial charge in [-0.3, -0.25) is 4.79 Å². The highest BCUT2D eigenvalue weighted by Gasteiger charge is 2.46. The van der Waals surface area contributed by atoms with E-state index >= 15 is 0 Å². The van der Waals surface area contributed by atoms with Gasteiger partial charge in [0.05, 0.1) is 5.97 Å². The maximum atomic E-state index is 10.8. The second-order valence-electron chi connectivity index (χ2n) is 5.70. The zero-order valence-corrected chi connectivity index (χ0v) is 12.5. The summed E-state index contributed by atoms with van der Waals surface area (Å²) >= 11 is 0. The molecular formula is C16H21NO5. The highest BCUT2D eigenvalue weighted by atomic mass is 16.5. The number of piperidine rings is 1. The Labute approximate surface area is 129 Å². The van der Waals surface area contributed by atoms with Gasteiger partial charge in [-0.05, 0) is 12.0 Å². The van der Waals surface area contributed by atoms with Crippen LogP contribution in [-0.4, -0.2) is 41.3 Å². The molecule has 0 saturated carbocycles. The third-order valence-electron chi connectivity index (χ3n) is 4.09. The molecule has 3 N–H and O–H groups in total. The number of aliphatic hydroxyl groups is 1. The predicted octanol–water partition coefficient (Wildman–Crippen LogP) is -1.17. The smallest absolute Gasteiger partial charge is 0.303 e. The molecule has 2 saturated heterocycles. The number of aromatic carboxylic acids is 1. The summed E-state index contributed by atoms with van der Waals surface area (Å²) in [5.74, 6) is -1.34. The number of hydrogen-bond donors (Lipinski definition) is 2. The van der Waals surface area contributed by atoms with E-state index in [2.05, 4.69) is 5.32 Å². The Hall–Kier alpha value is -1.92. The standard InChI is InChI=1S/C9H15NO3.C7H6O2/c1-5(11)13-9-4-7-8(12)3-2-6(9)10-7;8-7(9)6-4-2-1-3-5-6/h6-10,12H,2-4H2,1H3;1-5H,(H,8,9)/t6-,7-,8+,9+;/m1./s1. The van der Waals surface area contributed by atoms with Crippen molar-refractivity contribution in [3.8, 4) is 0 Å². The highest BCUT2D eigenvalue weighted by Crippen LogP contribution is 2.23. The van der Waals surface area contributed by atoms with Gasteiger partial charge < -0.3 is 25.1 Å². The van der Waals surface area contributed by atoms with E-state index in [-0.39, 0.29) is 29.8 Å². The number of ether oxygens (including phenoxy) is 1. The fourth-order valence-corrected chi connectivity index (χ4v) is 3.03. The van der Waals surface area contributed by atoms with Crippen molar-refractivity contribution in [2.24, 2.45) is 0 Å². The molecule has 4 atom stereocenters. The lowest BCUT2D eigenvalue weighted by atomic mass is 10.0. The topological polar surface area (TPSA) is 103 Å². The number of carboxylic acid groups (broad SMARTS) is 1. The molecule has 0 spiro atoms. The molecule has 0 aliphatic carbocycles. The number of fused-ring (bicyclic) bond motifs is 2. The number of quaternary nitrogens is 1. The number of carbonyl (C=O) groups excluding carboxylic acids is 2. The van der Waals surface area contributed by atoms with Crippen molar-refractivity contribution in [3.63, 3.8) is 0 Å². The Kier molecular flexibility index (Phi) is 5.51. The Balaban J connectivity index is 0.000000172. The van der Waals surface area contributed by atoms with E-state index in [0.29, 0.717) is 6.04 Å². The number of rotatable bonds is 2. The number of esters is 1. The third kappa shape index (κ3) is 4.29. The zero-order valence-electron chi connectivity index (χ0n) is 12.5. The minimum atomic E-state index is -1.13. The maximum absolute atomic E-state index is 10.8. The number of benzene rings is 1. The van der Waals surface area contributed by atoms with Crippen molar-refractivity contribution in [3.05, 3.63) is 35.9 Å². The minimum Gasteiger partial charge on any atom is -0.545 e. The SMILES string of the molecule is CC(=O)O[C@H]1C[C@H]2[NH2+][C@@H]1CC[C@@H]2O.O=C([O-])c1ccccc1. The van der Waals surface area contributed by atoms with Crippen LogP contribution in [0.1, 0.15) is 36.5 Å². The Morgan fingerprint density at radius 1 is 1.23 bits per heavy atom. The molecule has 2 heterocycles. The van der Waals surface area contributed by atoms with E-state index in [1.165, 1.54) is 19.1 Å². The monoisotopic (exact) mass is 307 g/mol. The van der Waals surface area contributed by atoms with Gasteiger partial charge in [0, 0.05) is 19.8 Å². The van der Waals surface area contributed by atoms with Crippen LogP contribution in [0.2, 0.25) is 0 Å². The first-order chi connectivity index (χ1) is 10.5. The van der Waals surface area contributed by atoms with Gasteiger partial charge in [0.15, 0.2) is 6.10 Å². The lowest BCUT2D eigenvalue weighted by molar-refractivity contribution is -0.719. The van der Waals surface area contributed by atoms with Crippen LogP contribution in [0.25, 0.3) is 0 Å². The highest BCUT2D eigenvalue weighted by molar-refractivity contribution is 5.85. The maximum Gasteiger partial charge on any atom is 0.303 e. The summed E-state index contributed by atoms with van der Waals surface area (Å²) in [4.78, 5) is 20.9. The quantitative estimate of drug-likeness (QED) is 0.670. The summed E-state index contributed by atoms with van der Waals surface area (Å²) in [7, 11) is 0. The first kappa shape index (κ1) is 16.5. The fourth-order valence-electron chi connectivity index (χ4n) is 3.03. The van der Waals surface area contributed by atoms with Crippen molar-refractivity contribution in [1.29, 1.82) is 0 Å². The zero-order chi connectivity index (χ0) is 16.1. The first-order valence-corrected chi connectivity index (χ1v) is 7.44. The van der Waals surface area contributed by atoms with Crippen LogP contribution in [0.3, 0.4) is 0 Å². The third-order valence-corrected chi connectivity index (χ3v) is 4.09. The number of aliphatic hydroxyl groups excluding tert-OH is 1. The van der Waals surface area contributed by atoms with Gasteiger partial charge in [0.1, 0.15) is 18.2 Å². The fraction of sp³-hybridized carbons (Fsp3) is 0.500. The van der Waals surface area contributed by atoms with Gasteiger partial charge >= 0.3 is 5.97 Å². The molecule has 120 valence electrons. The molecule has 2 aliphatic heterocycles. The van der Waals surface area contributed by atoms with E-state index in [0.717, 1.165) is 19.3 Å². The molecule has 0 aromatic heterocycles. The summed E-state index contributed by atoms with van der Waals surface area (Å²) in [6, 6.07) is 8.70. The first-order valence-electron chi connectivity index (χ1n) is 7.44. The molecular weight excluding hydrogens is 286 g/mol. The lowest BCUT2D eigenvalue weighted by Gasteiger charge is -2.22. The van der Waals surface area contributed by atoms with Crippen molar-refractivity contribution in [2.45, 2.75) is 50.5 Å². The summed E-state index contributed by atoms with van der Waals surface area (Å²) in [6.45, 7) is 1.44. The molecule has 2 aliphatic rings. The van der Waals surface area contributed by atoms with E-state index in [1.54, 1.807) is 18.2 Å². The second-order valence-corrected chi connectivity index (χ2v) is 5.70. The lowest BCUT2D eigenvalue weighted by Crippen LogP contribution is -2.96. The Morgan fingerprint density at radius 2 is 1.91 bits per heavy atom. The van der Waals surface area contributed by atoms with Crippen molar-refractivity contribution in [1.82, 2.24) is 0 Å². The van der Waals surface area contributed by atoms with Crippen LogP contribution in [0.15, 0.2) is 30.3 Å². The van der Waals surface area contributed by atoms with Gasteiger partial charge in [0.25, 0.3) is 0 Å². The van der Waals surface area contributed by atoms with Crippen LogP contribution in [-0.2, 0) is 9.53 Å². The number of carboxylic acids is 1. The average molecular weight is 307 g/mol. The molecule has 1 aromatic carbocycles. The Morgan fingerprint density at radius 3 is 2.41 bits per heavy atom. The van der Waals surface area contributed by atoms with Gasteiger partial charge in [-0.15, -0.1) is 0 Å². The van der Waals surface area contributed by atoms with Gasteiger partial charge in [-0.1, -0.05) is 30.3 Å².